The lowest BCUT2D eigenvalue weighted by Crippen LogP contribution is -2.44. The molecule has 6 heteroatoms. The van der Waals surface area contributed by atoms with Crippen molar-refractivity contribution in [2.75, 3.05) is 0 Å². The number of primary amides is 1. The van der Waals surface area contributed by atoms with Crippen LogP contribution in [0, 0.1) is 0 Å². The molecule has 2 rings (SSSR count). The summed E-state index contributed by atoms with van der Waals surface area (Å²) in [6.07, 6.45) is 6.52. The third kappa shape index (κ3) is 6.32. The maximum atomic E-state index is 11.3. The lowest BCUT2D eigenvalue weighted by Gasteiger charge is -2.39. The number of nitrogens with two attached hydrogens (primary N) is 1. The zero-order chi connectivity index (χ0) is 20.1. The first-order valence-electron chi connectivity index (χ1n) is 9.62. The molecule has 0 saturated heterocycles. The number of hydrogen-bond acceptors (Lipinski definition) is 3. The summed E-state index contributed by atoms with van der Waals surface area (Å²) < 4.78 is 8.61. The summed E-state index contributed by atoms with van der Waals surface area (Å²) >= 11 is 0. The number of carbonyl (C=O) groups is 1. The number of amides is 1. The molecule has 0 fully saturated rings. The summed E-state index contributed by atoms with van der Waals surface area (Å²) in [5, 5.41) is 0.151. The Morgan fingerprint density at radius 3 is 2.48 bits per heavy atom. The second kappa shape index (κ2) is 8.84. The van der Waals surface area contributed by atoms with E-state index >= 15 is 0 Å². The first-order valence-corrected chi connectivity index (χ1v) is 12.5. The molecule has 0 aliphatic heterocycles. The molecule has 1 aromatic heterocycles. The molecule has 0 spiro atoms. The number of benzene rings is 1. The Morgan fingerprint density at radius 1 is 1.26 bits per heavy atom. The third-order valence-corrected chi connectivity index (χ3v) is 9.94. The lowest BCUT2D eigenvalue weighted by atomic mass is 10.1. The minimum atomic E-state index is -1.89. The predicted molar refractivity (Wildman–Crippen MR) is 112 cm³/mol. The molecule has 1 amide bonds. The standard InChI is InChI=1S/C21H33N3O2Si/c1-21(2,3)27(4,5)26-18(13-9-12-17-10-7-6-8-11-17)14-24-15-19(20(22)25)23-16-24/h6-8,10-11,15-16,18H,9,12-14H2,1-5H3,(H2,22,25)/t18-/m0/s1. The van der Waals surface area contributed by atoms with Crippen LogP contribution in [0.3, 0.4) is 0 Å². The molecule has 0 saturated carbocycles. The van der Waals surface area contributed by atoms with Crippen LogP contribution >= 0.6 is 0 Å². The molecule has 2 aromatic rings. The van der Waals surface area contributed by atoms with Crippen molar-refractivity contribution < 1.29 is 9.22 Å². The molecule has 0 bridgehead atoms. The summed E-state index contributed by atoms with van der Waals surface area (Å²) in [5.74, 6) is -0.500. The van der Waals surface area contributed by atoms with Crippen molar-refractivity contribution in [2.45, 2.75) is 70.8 Å². The van der Waals surface area contributed by atoms with Crippen LogP contribution in [0.2, 0.25) is 18.1 Å². The summed E-state index contributed by atoms with van der Waals surface area (Å²) in [4.78, 5) is 15.4. The minimum absolute atomic E-state index is 0.0875. The zero-order valence-electron chi connectivity index (χ0n) is 17.2. The van der Waals surface area contributed by atoms with Crippen LogP contribution in [0.4, 0.5) is 0 Å². The van der Waals surface area contributed by atoms with E-state index in [1.165, 1.54) is 5.56 Å². The number of aromatic nitrogens is 2. The van der Waals surface area contributed by atoms with Gasteiger partial charge in [0.1, 0.15) is 5.69 Å². The number of rotatable bonds is 9. The summed E-state index contributed by atoms with van der Waals surface area (Å²) in [6, 6.07) is 10.5. The van der Waals surface area contributed by atoms with Crippen molar-refractivity contribution in [3.63, 3.8) is 0 Å². The highest BCUT2D eigenvalue weighted by molar-refractivity contribution is 6.74. The Labute approximate surface area is 164 Å². The van der Waals surface area contributed by atoms with E-state index < -0.39 is 14.2 Å². The van der Waals surface area contributed by atoms with E-state index in [2.05, 4.69) is 63.1 Å². The molecular weight excluding hydrogens is 354 g/mol. The van der Waals surface area contributed by atoms with Gasteiger partial charge < -0.3 is 14.7 Å². The molecule has 1 heterocycles. The molecule has 0 aliphatic rings. The van der Waals surface area contributed by atoms with Crippen LogP contribution in [0.1, 0.15) is 49.7 Å². The summed E-state index contributed by atoms with van der Waals surface area (Å²) in [5.41, 5.74) is 6.97. The smallest absolute Gasteiger partial charge is 0.268 e. The van der Waals surface area contributed by atoms with Gasteiger partial charge in [-0.05, 0) is 43.0 Å². The maximum absolute atomic E-state index is 11.3. The molecule has 2 N–H and O–H groups in total. The molecule has 1 aromatic carbocycles. The van der Waals surface area contributed by atoms with Crippen LogP contribution in [-0.4, -0.2) is 29.9 Å². The topological polar surface area (TPSA) is 70.1 Å². The van der Waals surface area contributed by atoms with Crippen molar-refractivity contribution in [3.8, 4) is 0 Å². The van der Waals surface area contributed by atoms with Gasteiger partial charge in [-0.25, -0.2) is 4.98 Å². The molecule has 1 atom stereocenters. The van der Waals surface area contributed by atoms with E-state index in [0.717, 1.165) is 19.3 Å². The predicted octanol–water partition coefficient (Wildman–Crippen LogP) is 4.40. The highest BCUT2D eigenvalue weighted by Gasteiger charge is 2.39. The molecule has 148 valence electrons. The minimum Gasteiger partial charge on any atom is -0.412 e. The van der Waals surface area contributed by atoms with E-state index in [1.54, 1.807) is 12.5 Å². The normalized spacial score (nSPS) is 13.5. The number of carbonyl (C=O) groups excluding carboxylic acids is 1. The van der Waals surface area contributed by atoms with E-state index in [0.29, 0.717) is 12.2 Å². The van der Waals surface area contributed by atoms with Gasteiger partial charge in [-0.2, -0.15) is 0 Å². The van der Waals surface area contributed by atoms with E-state index in [-0.39, 0.29) is 11.1 Å². The molecular formula is C21H33N3O2Si. The Hall–Kier alpha value is -1.92. The number of aryl methyl sites for hydroxylation is 1. The Kier molecular flexibility index (Phi) is 7.00. The summed E-state index contributed by atoms with van der Waals surface area (Å²) in [6.45, 7) is 12.0. The number of nitrogens with zero attached hydrogens (tertiary/aromatic N) is 2. The lowest BCUT2D eigenvalue weighted by molar-refractivity contribution is 0.0995. The van der Waals surface area contributed by atoms with Gasteiger partial charge >= 0.3 is 0 Å². The van der Waals surface area contributed by atoms with Crippen LogP contribution in [-0.2, 0) is 17.4 Å². The van der Waals surface area contributed by atoms with Crippen LogP contribution in [0.5, 0.6) is 0 Å². The maximum Gasteiger partial charge on any atom is 0.268 e. The van der Waals surface area contributed by atoms with Gasteiger partial charge in [0.2, 0.25) is 0 Å². The number of hydrogen-bond donors (Lipinski definition) is 1. The van der Waals surface area contributed by atoms with Crippen molar-refractivity contribution in [1.82, 2.24) is 9.55 Å². The Balaban J connectivity index is 2.05. The van der Waals surface area contributed by atoms with Gasteiger partial charge in [-0.1, -0.05) is 51.1 Å². The van der Waals surface area contributed by atoms with Gasteiger partial charge in [-0.15, -0.1) is 0 Å². The average molecular weight is 388 g/mol. The second-order valence-corrected chi connectivity index (χ2v) is 13.5. The highest BCUT2D eigenvalue weighted by Crippen LogP contribution is 2.38. The fourth-order valence-corrected chi connectivity index (χ4v) is 4.16. The monoisotopic (exact) mass is 387 g/mol. The molecule has 0 aliphatic carbocycles. The SMILES string of the molecule is CC(C)(C)[Si](C)(C)O[C@@H](CCCc1ccccc1)Cn1cnc(C(N)=O)c1. The second-order valence-electron chi connectivity index (χ2n) is 8.70. The molecule has 27 heavy (non-hydrogen) atoms. The van der Waals surface area contributed by atoms with Crippen molar-refractivity contribution >= 4 is 14.2 Å². The van der Waals surface area contributed by atoms with Crippen molar-refractivity contribution in [1.29, 1.82) is 0 Å². The third-order valence-electron chi connectivity index (χ3n) is 5.40. The fraction of sp³-hybridized carbons (Fsp3) is 0.524. The Morgan fingerprint density at radius 2 is 1.93 bits per heavy atom. The van der Waals surface area contributed by atoms with Gasteiger partial charge in [0.15, 0.2) is 8.32 Å². The fourth-order valence-electron chi connectivity index (χ4n) is 2.78. The van der Waals surface area contributed by atoms with E-state index in [1.807, 2.05) is 10.6 Å². The van der Waals surface area contributed by atoms with Gasteiger partial charge in [0.25, 0.3) is 5.91 Å². The van der Waals surface area contributed by atoms with Crippen molar-refractivity contribution in [2.24, 2.45) is 5.73 Å². The number of imidazole rings is 1. The molecule has 5 nitrogen and oxygen atoms in total. The summed E-state index contributed by atoms with van der Waals surface area (Å²) in [7, 11) is -1.89. The van der Waals surface area contributed by atoms with Crippen LogP contribution in [0.25, 0.3) is 0 Å². The van der Waals surface area contributed by atoms with Crippen LogP contribution < -0.4 is 5.73 Å². The Bertz CT molecular complexity index is 735. The average Bonchev–Trinajstić information content (AvgIpc) is 3.03. The first kappa shape index (κ1) is 21.4. The largest absolute Gasteiger partial charge is 0.412 e. The zero-order valence-corrected chi connectivity index (χ0v) is 18.2. The molecule has 0 unspecified atom stereocenters. The van der Waals surface area contributed by atoms with Gasteiger partial charge in [-0.3, -0.25) is 4.79 Å². The van der Waals surface area contributed by atoms with Gasteiger partial charge in [0, 0.05) is 12.7 Å². The quantitative estimate of drug-likeness (QED) is 0.649. The molecule has 0 radical (unpaired) electrons. The van der Waals surface area contributed by atoms with Crippen LogP contribution in [0.15, 0.2) is 42.9 Å². The van der Waals surface area contributed by atoms with E-state index in [4.69, 9.17) is 10.2 Å². The van der Waals surface area contributed by atoms with Gasteiger partial charge in [0.05, 0.1) is 12.4 Å². The van der Waals surface area contributed by atoms with Crippen molar-refractivity contribution in [3.05, 3.63) is 54.1 Å². The van der Waals surface area contributed by atoms with E-state index in [9.17, 15) is 4.79 Å². The highest BCUT2D eigenvalue weighted by atomic mass is 28.4. The first-order chi connectivity index (χ1) is 12.6.